The molecule has 0 unspecified atom stereocenters. The molecule has 0 aromatic heterocycles. The lowest BCUT2D eigenvalue weighted by atomic mass is 10.0. The van der Waals surface area contributed by atoms with Gasteiger partial charge in [0, 0.05) is 0 Å². The van der Waals surface area contributed by atoms with E-state index in [0.717, 1.165) is 22.1 Å². The molecule has 0 heterocycles. The molecule has 2 aromatic rings. The normalized spacial score (nSPS) is 12.7. The Labute approximate surface area is 89.1 Å². The van der Waals surface area contributed by atoms with Crippen LogP contribution in [0.5, 0.6) is 5.75 Å². The quantitative estimate of drug-likeness (QED) is 0.811. The molecule has 2 rings (SSSR count). The van der Waals surface area contributed by atoms with Crippen molar-refractivity contribution in [2.24, 2.45) is 0 Å². The minimum Gasteiger partial charge on any atom is -0.497 e. The van der Waals surface area contributed by atoms with Crippen LogP contribution in [0.1, 0.15) is 18.6 Å². The summed E-state index contributed by atoms with van der Waals surface area (Å²) in [5.74, 6) is 0.838. The predicted molar refractivity (Wildman–Crippen MR) is 61.1 cm³/mol. The second-order valence-electron chi connectivity index (χ2n) is 3.61. The van der Waals surface area contributed by atoms with Crippen LogP contribution in [0.2, 0.25) is 0 Å². The van der Waals surface area contributed by atoms with Crippen LogP contribution in [0.3, 0.4) is 0 Å². The number of hydrogen-bond donors (Lipinski definition) is 1. The second-order valence-corrected chi connectivity index (χ2v) is 3.61. The number of aliphatic hydroxyl groups is 1. The summed E-state index contributed by atoms with van der Waals surface area (Å²) in [5, 5.41) is 11.8. The lowest BCUT2D eigenvalue weighted by molar-refractivity contribution is 0.201. The van der Waals surface area contributed by atoms with Gasteiger partial charge in [-0.2, -0.15) is 0 Å². The zero-order valence-electron chi connectivity index (χ0n) is 8.90. The zero-order chi connectivity index (χ0) is 10.8. The molecule has 0 aliphatic carbocycles. The molecule has 0 aliphatic heterocycles. The summed E-state index contributed by atoms with van der Waals surface area (Å²) in [6, 6.07) is 11.8. The number of fused-ring (bicyclic) bond motifs is 1. The molecule has 0 fully saturated rings. The highest BCUT2D eigenvalue weighted by atomic mass is 16.5. The summed E-state index contributed by atoms with van der Waals surface area (Å²) < 4.78 is 5.16. The van der Waals surface area contributed by atoms with Gasteiger partial charge in [-0.15, -0.1) is 0 Å². The number of methoxy groups -OCH3 is 1. The molecule has 0 saturated carbocycles. The fraction of sp³-hybridized carbons (Fsp3) is 0.231. The smallest absolute Gasteiger partial charge is 0.119 e. The van der Waals surface area contributed by atoms with Crippen LogP contribution in [-0.4, -0.2) is 12.2 Å². The van der Waals surface area contributed by atoms with E-state index in [1.165, 1.54) is 0 Å². The Hall–Kier alpha value is -1.54. The minimum absolute atomic E-state index is 0.443. The number of hydrogen-bond acceptors (Lipinski definition) is 2. The third-order valence-electron chi connectivity index (χ3n) is 2.57. The van der Waals surface area contributed by atoms with Crippen LogP contribution in [0.25, 0.3) is 10.8 Å². The maximum atomic E-state index is 9.62. The Morgan fingerprint density at radius 2 is 2.00 bits per heavy atom. The van der Waals surface area contributed by atoms with Crippen molar-refractivity contribution in [3.63, 3.8) is 0 Å². The Balaban J connectivity index is 2.67. The molecule has 1 N–H and O–H groups in total. The van der Waals surface area contributed by atoms with Crippen molar-refractivity contribution in [1.82, 2.24) is 0 Å². The molecule has 15 heavy (non-hydrogen) atoms. The SMILES string of the molecule is COc1ccc2c([C@@H](C)O)cccc2c1. The first-order valence-electron chi connectivity index (χ1n) is 4.97. The maximum absolute atomic E-state index is 9.62. The fourth-order valence-corrected chi connectivity index (χ4v) is 1.78. The van der Waals surface area contributed by atoms with Gasteiger partial charge in [0.2, 0.25) is 0 Å². The van der Waals surface area contributed by atoms with Crippen LogP contribution in [0.15, 0.2) is 36.4 Å². The molecular formula is C13H14O2. The molecule has 2 heteroatoms. The molecule has 0 aliphatic rings. The summed E-state index contributed by atoms with van der Waals surface area (Å²) >= 11 is 0. The van der Waals surface area contributed by atoms with Gasteiger partial charge in [-0.1, -0.05) is 24.3 Å². The van der Waals surface area contributed by atoms with Crippen LogP contribution in [-0.2, 0) is 0 Å². The third kappa shape index (κ3) is 1.81. The summed E-state index contributed by atoms with van der Waals surface area (Å²) in [6.07, 6.45) is -0.443. The number of aliphatic hydroxyl groups excluding tert-OH is 1. The first-order valence-corrected chi connectivity index (χ1v) is 4.97. The van der Waals surface area contributed by atoms with E-state index in [4.69, 9.17) is 4.74 Å². The topological polar surface area (TPSA) is 29.5 Å². The van der Waals surface area contributed by atoms with E-state index in [0.29, 0.717) is 0 Å². The Morgan fingerprint density at radius 3 is 2.67 bits per heavy atom. The minimum atomic E-state index is -0.443. The van der Waals surface area contributed by atoms with Gasteiger partial charge >= 0.3 is 0 Å². The van der Waals surface area contributed by atoms with Gasteiger partial charge in [0.25, 0.3) is 0 Å². The van der Waals surface area contributed by atoms with Gasteiger partial charge in [0.1, 0.15) is 5.75 Å². The molecule has 0 radical (unpaired) electrons. The molecule has 0 bridgehead atoms. The fourth-order valence-electron chi connectivity index (χ4n) is 1.78. The molecule has 0 spiro atoms. The molecule has 2 nitrogen and oxygen atoms in total. The molecule has 2 aromatic carbocycles. The first-order chi connectivity index (χ1) is 7.22. The third-order valence-corrected chi connectivity index (χ3v) is 2.57. The van der Waals surface area contributed by atoms with Crippen molar-refractivity contribution < 1.29 is 9.84 Å². The number of ether oxygens (including phenoxy) is 1. The molecule has 78 valence electrons. The predicted octanol–water partition coefficient (Wildman–Crippen LogP) is 2.90. The second kappa shape index (κ2) is 3.91. The summed E-state index contributed by atoms with van der Waals surface area (Å²) in [7, 11) is 1.65. The van der Waals surface area contributed by atoms with Gasteiger partial charge in [0.05, 0.1) is 13.2 Å². The zero-order valence-corrected chi connectivity index (χ0v) is 8.90. The largest absolute Gasteiger partial charge is 0.497 e. The van der Waals surface area contributed by atoms with E-state index >= 15 is 0 Å². The highest BCUT2D eigenvalue weighted by Gasteiger charge is 2.06. The van der Waals surface area contributed by atoms with Crippen molar-refractivity contribution in [2.75, 3.05) is 7.11 Å². The average molecular weight is 202 g/mol. The number of rotatable bonds is 2. The summed E-state index contributed by atoms with van der Waals surface area (Å²) in [4.78, 5) is 0. The van der Waals surface area contributed by atoms with Crippen molar-refractivity contribution in [3.8, 4) is 5.75 Å². The Bertz CT molecular complexity index is 475. The van der Waals surface area contributed by atoms with E-state index in [9.17, 15) is 5.11 Å². The standard InChI is InChI=1S/C13H14O2/c1-9(14)12-5-3-4-10-8-11(15-2)6-7-13(10)12/h3-9,14H,1-2H3/t9-/m1/s1. The Kier molecular flexibility index (Phi) is 2.60. The van der Waals surface area contributed by atoms with Gasteiger partial charge < -0.3 is 9.84 Å². The molecular weight excluding hydrogens is 188 g/mol. The van der Waals surface area contributed by atoms with Crippen molar-refractivity contribution in [1.29, 1.82) is 0 Å². The lowest BCUT2D eigenvalue weighted by Crippen LogP contribution is -1.92. The highest BCUT2D eigenvalue weighted by Crippen LogP contribution is 2.27. The summed E-state index contributed by atoms with van der Waals surface area (Å²) in [6.45, 7) is 1.78. The monoisotopic (exact) mass is 202 g/mol. The van der Waals surface area contributed by atoms with E-state index in [1.54, 1.807) is 14.0 Å². The first kappa shape index (κ1) is 9.99. The van der Waals surface area contributed by atoms with Crippen LogP contribution >= 0.6 is 0 Å². The van der Waals surface area contributed by atoms with Gasteiger partial charge in [-0.05, 0) is 35.4 Å². The van der Waals surface area contributed by atoms with Gasteiger partial charge in [-0.3, -0.25) is 0 Å². The number of benzene rings is 2. The van der Waals surface area contributed by atoms with Crippen molar-refractivity contribution in [3.05, 3.63) is 42.0 Å². The van der Waals surface area contributed by atoms with Crippen molar-refractivity contribution in [2.45, 2.75) is 13.0 Å². The maximum Gasteiger partial charge on any atom is 0.119 e. The van der Waals surface area contributed by atoms with E-state index < -0.39 is 6.10 Å². The van der Waals surface area contributed by atoms with E-state index in [1.807, 2.05) is 36.4 Å². The molecule has 0 saturated heterocycles. The van der Waals surface area contributed by atoms with E-state index in [-0.39, 0.29) is 0 Å². The summed E-state index contributed by atoms with van der Waals surface area (Å²) in [5.41, 5.74) is 0.954. The van der Waals surface area contributed by atoms with Crippen LogP contribution in [0.4, 0.5) is 0 Å². The van der Waals surface area contributed by atoms with Crippen LogP contribution in [0, 0.1) is 0 Å². The lowest BCUT2D eigenvalue weighted by Gasteiger charge is -2.09. The molecule has 1 atom stereocenters. The highest BCUT2D eigenvalue weighted by molar-refractivity contribution is 5.87. The van der Waals surface area contributed by atoms with E-state index in [2.05, 4.69) is 0 Å². The molecule has 0 amide bonds. The van der Waals surface area contributed by atoms with Gasteiger partial charge in [0.15, 0.2) is 0 Å². The van der Waals surface area contributed by atoms with Crippen LogP contribution < -0.4 is 4.74 Å². The van der Waals surface area contributed by atoms with Gasteiger partial charge in [-0.25, -0.2) is 0 Å². The van der Waals surface area contributed by atoms with Crippen molar-refractivity contribution >= 4 is 10.8 Å². The Morgan fingerprint density at radius 1 is 1.20 bits per heavy atom. The average Bonchev–Trinajstić information content (AvgIpc) is 2.27.